The van der Waals surface area contributed by atoms with Crippen LogP contribution in [0.15, 0.2) is 170 Å². The fraction of sp³-hybridized carbons (Fsp3) is 0.243. The van der Waals surface area contributed by atoms with Gasteiger partial charge in [0, 0.05) is 69.5 Å². The smallest absolute Gasteiger partial charge is 0.339 e. The number of aryl methyl sites for hydroxylation is 2. The van der Waals surface area contributed by atoms with E-state index in [9.17, 15) is 24.3 Å². The number of ether oxygens (including phenoxy) is 5. The van der Waals surface area contributed by atoms with Gasteiger partial charge in [-0.1, -0.05) is 84.9 Å². The molecular weight excluding hydrogens is 1100 g/mol. The van der Waals surface area contributed by atoms with Gasteiger partial charge in [-0.3, -0.25) is 9.59 Å². The minimum atomic E-state index is -0.942. The highest BCUT2D eigenvalue weighted by molar-refractivity contribution is 6.01. The number of benzene rings is 8. The second-order valence-electron chi connectivity index (χ2n) is 23.0. The van der Waals surface area contributed by atoms with Gasteiger partial charge < -0.3 is 48.6 Å². The van der Waals surface area contributed by atoms with Crippen molar-refractivity contribution in [2.24, 2.45) is 0 Å². The van der Waals surface area contributed by atoms with E-state index in [1.807, 2.05) is 168 Å². The number of methoxy groups -OCH3 is 4. The molecule has 452 valence electrons. The van der Waals surface area contributed by atoms with Gasteiger partial charge in [0.2, 0.25) is 0 Å². The van der Waals surface area contributed by atoms with Crippen LogP contribution in [0, 0.1) is 27.7 Å². The summed E-state index contributed by atoms with van der Waals surface area (Å²) < 4.78 is 31.7. The summed E-state index contributed by atoms with van der Waals surface area (Å²) in [6.07, 6.45) is 0. The third-order valence-corrected chi connectivity index (χ3v) is 16.2. The summed E-state index contributed by atoms with van der Waals surface area (Å²) in [4.78, 5) is 51.2. The first-order chi connectivity index (χ1) is 42.1. The van der Waals surface area contributed by atoms with E-state index < -0.39 is 11.6 Å². The van der Waals surface area contributed by atoms with Gasteiger partial charge in [0.25, 0.3) is 11.8 Å². The molecule has 0 saturated carbocycles. The van der Waals surface area contributed by atoms with Gasteiger partial charge in [-0.05, 0) is 191 Å². The van der Waals surface area contributed by atoms with Crippen molar-refractivity contribution >= 4 is 45.6 Å². The Hall–Kier alpha value is -10.1. The number of carbonyl (C=O) groups is 4. The molecule has 88 heavy (non-hydrogen) atoms. The number of hydrogen-bond donors (Lipinski definition) is 3. The molecule has 2 heterocycles. The van der Waals surface area contributed by atoms with E-state index in [2.05, 4.69) is 59.6 Å². The van der Waals surface area contributed by atoms with Gasteiger partial charge in [0.15, 0.2) is 0 Å². The number of aromatic carboxylic acids is 1. The van der Waals surface area contributed by atoms with Gasteiger partial charge in [-0.2, -0.15) is 0 Å². The van der Waals surface area contributed by atoms with Crippen LogP contribution >= 0.6 is 0 Å². The monoisotopic (exact) mass is 1180 g/mol. The van der Waals surface area contributed by atoms with Gasteiger partial charge in [0.05, 0.1) is 51.6 Å². The van der Waals surface area contributed by atoms with E-state index in [1.165, 1.54) is 0 Å². The number of hydrogen-bond acceptors (Lipinski definition) is 9. The second-order valence-corrected chi connectivity index (χ2v) is 23.0. The molecule has 2 amide bonds. The molecule has 0 fully saturated rings. The Balaban J connectivity index is 0.000000210. The molecule has 0 radical (unpaired) electrons. The van der Waals surface area contributed by atoms with E-state index in [0.29, 0.717) is 58.3 Å². The molecule has 14 heteroatoms. The minimum Gasteiger partial charge on any atom is -0.497 e. The van der Waals surface area contributed by atoms with Crippen LogP contribution in [-0.4, -0.2) is 72.0 Å². The molecule has 10 aromatic rings. The van der Waals surface area contributed by atoms with Crippen LogP contribution in [0.25, 0.3) is 44.1 Å². The lowest BCUT2D eigenvalue weighted by molar-refractivity contribution is 0.00698. The SMILES string of the molecule is COc1cc(OC)cc([C@H](C)NC(=O)c2ccc3c(c2)c(C)c(C)n3Cc2ccc(-c3ccccc3C(=O)O)cc2)c1.COc1cc(OC)cc([C@H](C)NC(=O)c2ccc3c(c2)c(C)c(C)n3Cc2ccc(-c3ccccc3C(=O)OC(C)(C)C)cc2)c1. The van der Waals surface area contributed by atoms with Crippen molar-refractivity contribution in [3.63, 3.8) is 0 Å². The Labute approximate surface area is 514 Å². The number of esters is 1. The summed E-state index contributed by atoms with van der Waals surface area (Å²) in [6.45, 7) is 19.2. The average molecular weight is 1180 g/mol. The summed E-state index contributed by atoms with van der Waals surface area (Å²) >= 11 is 0. The number of fused-ring (bicyclic) bond motifs is 2. The molecule has 0 unspecified atom stereocenters. The Morgan fingerprint density at radius 1 is 0.477 bits per heavy atom. The van der Waals surface area contributed by atoms with Gasteiger partial charge >= 0.3 is 11.9 Å². The largest absolute Gasteiger partial charge is 0.497 e. The molecule has 0 bridgehead atoms. The van der Waals surface area contributed by atoms with Crippen molar-refractivity contribution in [3.8, 4) is 45.3 Å². The average Bonchev–Trinajstić information content (AvgIpc) is 2.10. The standard InChI is InChI=1S/C39H42N2O5.C35H34N2O5/c1-24-26(3)41(23-27-13-15-28(16-14-27)33-11-9-10-12-34(33)38(43)46-39(4,5)6)36-18-17-29(21-35(24)36)37(42)40-25(2)30-19-31(44-7)22-32(20-30)45-8;1-21-23(3)37(20-24-10-12-25(13-11-24)30-8-6-7-9-31(30)35(39)40)33-15-14-26(18-32(21)33)34(38)36-22(2)27-16-28(41-4)19-29(17-27)42-5/h9-22,25H,23H2,1-8H3,(H,40,42);6-19,22H,20H2,1-5H3,(H,36,38)(H,39,40)/t25-;22-/m00/s1. The molecule has 10 rings (SSSR count). The maximum atomic E-state index is 13.3. The van der Waals surface area contributed by atoms with Crippen molar-refractivity contribution < 1.29 is 48.0 Å². The number of carboxylic acids is 1. The number of aromatic nitrogens is 2. The van der Waals surface area contributed by atoms with E-state index >= 15 is 0 Å². The maximum absolute atomic E-state index is 13.3. The summed E-state index contributed by atoms with van der Waals surface area (Å²) in [5.74, 6) is 1.09. The van der Waals surface area contributed by atoms with Crippen molar-refractivity contribution in [2.45, 2.75) is 93.1 Å². The fourth-order valence-corrected chi connectivity index (χ4v) is 11.0. The van der Waals surface area contributed by atoms with Crippen LogP contribution in [0.4, 0.5) is 0 Å². The zero-order valence-electron chi connectivity index (χ0n) is 52.3. The molecule has 0 aliphatic heterocycles. The number of carboxylic acid groups (broad SMARTS) is 1. The Morgan fingerprint density at radius 2 is 0.841 bits per heavy atom. The highest BCUT2D eigenvalue weighted by Crippen LogP contribution is 2.34. The predicted octanol–water partition coefficient (Wildman–Crippen LogP) is 15.6. The lowest BCUT2D eigenvalue weighted by atomic mass is 9.98. The van der Waals surface area contributed by atoms with E-state index in [4.69, 9.17) is 23.7 Å². The Bertz CT molecular complexity index is 4180. The highest BCUT2D eigenvalue weighted by atomic mass is 16.6. The zero-order chi connectivity index (χ0) is 63.1. The van der Waals surface area contributed by atoms with E-state index in [1.54, 1.807) is 52.7 Å². The van der Waals surface area contributed by atoms with Crippen molar-refractivity contribution in [1.82, 2.24) is 19.8 Å². The molecule has 0 aliphatic rings. The first-order valence-corrected chi connectivity index (χ1v) is 29.2. The number of carbonyl (C=O) groups excluding carboxylic acids is 3. The van der Waals surface area contributed by atoms with Crippen LogP contribution < -0.4 is 29.6 Å². The first kappa shape index (κ1) is 62.5. The summed E-state index contributed by atoms with van der Waals surface area (Å²) in [5.41, 5.74) is 15.4. The predicted molar refractivity (Wildman–Crippen MR) is 348 cm³/mol. The molecule has 8 aromatic carbocycles. The van der Waals surface area contributed by atoms with Gasteiger partial charge in [-0.15, -0.1) is 0 Å². The molecule has 0 spiro atoms. The normalized spacial score (nSPS) is 11.9. The molecule has 2 aromatic heterocycles. The van der Waals surface area contributed by atoms with Crippen molar-refractivity contribution in [3.05, 3.63) is 237 Å². The Morgan fingerprint density at radius 3 is 1.20 bits per heavy atom. The number of nitrogens with zero attached hydrogens (tertiary/aromatic N) is 2. The second kappa shape index (κ2) is 26.7. The van der Waals surface area contributed by atoms with Gasteiger partial charge in [-0.25, -0.2) is 9.59 Å². The quantitative estimate of drug-likeness (QED) is 0.0703. The van der Waals surface area contributed by atoms with Crippen molar-refractivity contribution in [2.75, 3.05) is 28.4 Å². The summed E-state index contributed by atoms with van der Waals surface area (Å²) in [7, 11) is 6.42. The maximum Gasteiger partial charge on any atom is 0.339 e. The fourth-order valence-electron chi connectivity index (χ4n) is 11.0. The molecule has 3 N–H and O–H groups in total. The molecule has 0 saturated heterocycles. The molecule has 0 aliphatic carbocycles. The number of amides is 2. The van der Waals surface area contributed by atoms with Crippen LogP contribution in [-0.2, 0) is 17.8 Å². The number of nitrogens with one attached hydrogen (secondary N) is 2. The van der Waals surface area contributed by atoms with Crippen LogP contribution in [0.1, 0.15) is 133 Å². The lowest BCUT2D eigenvalue weighted by Gasteiger charge is -2.20. The van der Waals surface area contributed by atoms with Crippen LogP contribution in [0.3, 0.4) is 0 Å². The van der Waals surface area contributed by atoms with Crippen LogP contribution in [0.2, 0.25) is 0 Å². The molecular formula is C74H76N4O10. The first-order valence-electron chi connectivity index (χ1n) is 29.2. The van der Waals surface area contributed by atoms with E-state index in [0.717, 1.165) is 83.3 Å². The van der Waals surface area contributed by atoms with E-state index in [-0.39, 0.29) is 35.4 Å². The molecule has 2 atom stereocenters. The lowest BCUT2D eigenvalue weighted by Crippen LogP contribution is -2.26. The highest BCUT2D eigenvalue weighted by Gasteiger charge is 2.23. The van der Waals surface area contributed by atoms with Crippen molar-refractivity contribution in [1.29, 1.82) is 0 Å². The third kappa shape index (κ3) is 13.9. The summed E-state index contributed by atoms with van der Waals surface area (Å²) in [6, 6.07) is 53.2. The summed E-state index contributed by atoms with van der Waals surface area (Å²) in [5, 5.41) is 17.8. The molecule has 14 nitrogen and oxygen atoms in total. The van der Waals surface area contributed by atoms with Crippen LogP contribution in [0.5, 0.6) is 23.0 Å². The number of rotatable bonds is 18. The zero-order valence-corrected chi connectivity index (χ0v) is 52.3. The Kier molecular flexibility index (Phi) is 18.9. The topological polar surface area (TPSA) is 169 Å². The third-order valence-electron chi connectivity index (χ3n) is 16.2. The van der Waals surface area contributed by atoms with Gasteiger partial charge in [0.1, 0.15) is 28.6 Å². The minimum absolute atomic E-state index is 0.150.